The second-order valence-electron chi connectivity index (χ2n) is 8.92. The minimum Gasteiger partial charge on any atom is -0.469 e. The largest absolute Gasteiger partial charge is 0.471 e. The first-order valence-electron chi connectivity index (χ1n) is 11.4. The molecule has 0 N–H and O–H groups in total. The number of rotatable bonds is 4. The smallest absolute Gasteiger partial charge is 0.469 e. The third-order valence-electron chi connectivity index (χ3n) is 6.95. The maximum absolute atomic E-state index is 13.0. The van der Waals surface area contributed by atoms with Crippen molar-refractivity contribution in [1.29, 1.82) is 0 Å². The number of likely N-dealkylation sites (tertiary alicyclic amines) is 1. The number of piperidine rings is 1. The minimum atomic E-state index is -4.84. The van der Waals surface area contributed by atoms with Crippen molar-refractivity contribution in [1.82, 2.24) is 19.2 Å². The van der Waals surface area contributed by atoms with Gasteiger partial charge in [-0.1, -0.05) is 12.1 Å². The molecule has 2 aromatic rings. The van der Waals surface area contributed by atoms with E-state index in [1.165, 1.54) is 18.1 Å². The Morgan fingerprint density at radius 2 is 1.62 bits per heavy atom. The minimum absolute atomic E-state index is 0.0222. The molecule has 0 atom stereocenters. The van der Waals surface area contributed by atoms with Crippen LogP contribution in [0.5, 0.6) is 0 Å². The number of hydrogen-bond acceptors (Lipinski definition) is 5. The highest BCUT2D eigenvalue weighted by molar-refractivity contribution is 5.81. The van der Waals surface area contributed by atoms with Gasteiger partial charge in [0.25, 0.3) is 0 Å². The highest BCUT2D eigenvalue weighted by Gasteiger charge is 2.43. The molecule has 8 nitrogen and oxygen atoms in total. The number of esters is 1. The molecular formula is C23H27F3N4O4. The fourth-order valence-corrected chi connectivity index (χ4v) is 4.98. The first-order valence-corrected chi connectivity index (χ1v) is 11.4. The Morgan fingerprint density at radius 1 is 1.00 bits per heavy atom. The lowest BCUT2D eigenvalue weighted by Gasteiger charge is -2.32. The predicted octanol–water partition coefficient (Wildman–Crippen LogP) is 3.21. The predicted molar refractivity (Wildman–Crippen MR) is 115 cm³/mol. The van der Waals surface area contributed by atoms with Gasteiger partial charge in [0.15, 0.2) is 0 Å². The summed E-state index contributed by atoms with van der Waals surface area (Å²) in [5.74, 6) is -2.07. The van der Waals surface area contributed by atoms with E-state index in [0.717, 1.165) is 10.5 Å². The summed E-state index contributed by atoms with van der Waals surface area (Å²) >= 11 is 0. The van der Waals surface area contributed by atoms with Gasteiger partial charge in [-0.05, 0) is 62.1 Å². The van der Waals surface area contributed by atoms with E-state index in [9.17, 15) is 27.6 Å². The zero-order valence-electron chi connectivity index (χ0n) is 18.8. The highest BCUT2D eigenvalue weighted by atomic mass is 19.4. The third kappa shape index (κ3) is 4.88. The van der Waals surface area contributed by atoms with Crippen molar-refractivity contribution in [3.8, 4) is 5.69 Å². The van der Waals surface area contributed by atoms with Crippen LogP contribution in [0.4, 0.5) is 13.2 Å². The molecule has 184 valence electrons. The van der Waals surface area contributed by atoms with E-state index in [0.29, 0.717) is 44.2 Å². The second-order valence-corrected chi connectivity index (χ2v) is 8.92. The monoisotopic (exact) mass is 480 g/mol. The van der Waals surface area contributed by atoms with Crippen LogP contribution in [0.1, 0.15) is 56.0 Å². The quantitative estimate of drug-likeness (QED) is 0.628. The van der Waals surface area contributed by atoms with Crippen molar-refractivity contribution >= 4 is 11.9 Å². The molecule has 2 fully saturated rings. The fourth-order valence-electron chi connectivity index (χ4n) is 4.98. The van der Waals surface area contributed by atoms with E-state index in [4.69, 9.17) is 4.74 Å². The molecule has 1 aliphatic heterocycles. The average molecular weight is 480 g/mol. The molecule has 1 saturated heterocycles. The summed E-state index contributed by atoms with van der Waals surface area (Å²) in [6, 6.07) is 7.24. The number of methoxy groups -OCH3 is 1. The molecule has 0 bridgehead atoms. The van der Waals surface area contributed by atoms with Crippen LogP contribution in [0.15, 0.2) is 35.4 Å². The van der Waals surface area contributed by atoms with Crippen LogP contribution in [0.2, 0.25) is 0 Å². The molecule has 0 unspecified atom stereocenters. The summed E-state index contributed by atoms with van der Waals surface area (Å²) in [5, 5.41) is 4.25. The van der Waals surface area contributed by atoms with Crippen molar-refractivity contribution in [3.63, 3.8) is 0 Å². The van der Waals surface area contributed by atoms with E-state index in [-0.39, 0.29) is 42.6 Å². The molecule has 4 rings (SSSR count). The van der Waals surface area contributed by atoms with Gasteiger partial charge in [-0.15, -0.1) is 0 Å². The van der Waals surface area contributed by atoms with E-state index < -0.39 is 12.1 Å². The number of carbonyl (C=O) groups is 2. The van der Waals surface area contributed by atoms with E-state index in [2.05, 4.69) is 5.10 Å². The maximum Gasteiger partial charge on any atom is 0.471 e. The first-order chi connectivity index (χ1) is 16.2. The molecule has 2 heterocycles. The van der Waals surface area contributed by atoms with Crippen molar-refractivity contribution in [3.05, 3.63) is 46.6 Å². The molecule has 1 aliphatic carbocycles. The van der Waals surface area contributed by atoms with Crippen molar-refractivity contribution < 1.29 is 27.5 Å². The summed E-state index contributed by atoms with van der Waals surface area (Å²) in [6.45, 7) is 0.125. The SMILES string of the molecule is COC(=O)[C@H]1CC[C@H](n2cnn(-c3ccc(C4CCN(C(=O)C(F)(F)F)CC4)cc3)c2=O)CC1. The summed E-state index contributed by atoms with van der Waals surface area (Å²) in [7, 11) is 1.38. The van der Waals surface area contributed by atoms with Gasteiger partial charge in [0.1, 0.15) is 6.33 Å². The molecule has 1 aromatic heterocycles. The van der Waals surface area contributed by atoms with Crippen LogP contribution in [0.25, 0.3) is 5.69 Å². The Hall–Kier alpha value is -3.11. The number of halogens is 3. The fraction of sp³-hybridized carbons (Fsp3) is 0.565. The number of amides is 1. The summed E-state index contributed by atoms with van der Waals surface area (Å²) in [5.41, 5.74) is 1.30. The number of nitrogens with zero attached hydrogens (tertiary/aromatic N) is 4. The summed E-state index contributed by atoms with van der Waals surface area (Å²) in [4.78, 5) is 36.9. The van der Waals surface area contributed by atoms with Gasteiger partial charge < -0.3 is 9.64 Å². The molecule has 2 aliphatic rings. The molecular weight excluding hydrogens is 453 g/mol. The Bertz CT molecular complexity index is 1080. The van der Waals surface area contributed by atoms with E-state index in [1.807, 2.05) is 12.1 Å². The van der Waals surface area contributed by atoms with Gasteiger partial charge in [0.2, 0.25) is 0 Å². The second kappa shape index (κ2) is 9.63. The molecule has 0 radical (unpaired) electrons. The van der Waals surface area contributed by atoms with Crippen LogP contribution in [-0.4, -0.2) is 57.5 Å². The van der Waals surface area contributed by atoms with Gasteiger partial charge in [-0.3, -0.25) is 14.2 Å². The van der Waals surface area contributed by atoms with Crippen LogP contribution < -0.4 is 5.69 Å². The van der Waals surface area contributed by atoms with Gasteiger partial charge in [0.05, 0.1) is 18.7 Å². The van der Waals surface area contributed by atoms with Crippen LogP contribution in [0, 0.1) is 5.92 Å². The van der Waals surface area contributed by atoms with Gasteiger partial charge in [-0.25, -0.2) is 4.79 Å². The van der Waals surface area contributed by atoms with Gasteiger partial charge in [0, 0.05) is 19.1 Å². The molecule has 34 heavy (non-hydrogen) atoms. The average Bonchev–Trinajstić information content (AvgIpc) is 3.24. The zero-order valence-corrected chi connectivity index (χ0v) is 18.8. The van der Waals surface area contributed by atoms with Crippen molar-refractivity contribution in [2.45, 2.75) is 56.7 Å². The molecule has 0 spiro atoms. The van der Waals surface area contributed by atoms with Crippen molar-refractivity contribution in [2.24, 2.45) is 5.92 Å². The summed E-state index contributed by atoms with van der Waals surface area (Å²) in [6.07, 6.45) is 0.292. The summed E-state index contributed by atoms with van der Waals surface area (Å²) < 4.78 is 45.6. The Kier molecular flexibility index (Phi) is 6.81. The Labute approximate surface area is 194 Å². The van der Waals surface area contributed by atoms with E-state index >= 15 is 0 Å². The normalized spacial score (nSPS) is 21.9. The maximum atomic E-state index is 13.0. The molecule has 11 heteroatoms. The topological polar surface area (TPSA) is 86.4 Å². The molecule has 1 amide bonds. The number of alkyl halides is 3. The first kappa shape index (κ1) is 24.0. The lowest BCUT2D eigenvalue weighted by molar-refractivity contribution is -0.186. The number of ether oxygens (including phenoxy) is 1. The zero-order chi connectivity index (χ0) is 24.5. The van der Waals surface area contributed by atoms with Crippen LogP contribution >= 0.6 is 0 Å². The third-order valence-corrected chi connectivity index (χ3v) is 6.95. The van der Waals surface area contributed by atoms with Gasteiger partial charge >= 0.3 is 23.7 Å². The Balaban J connectivity index is 1.39. The van der Waals surface area contributed by atoms with E-state index in [1.54, 1.807) is 16.7 Å². The van der Waals surface area contributed by atoms with Crippen LogP contribution in [0.3, 0.4) is 0 Å². The van der Waals surface area contributed by atoms with Crippen molar-refractivity contribution in [2.75, 3.05) is 20.2 Å². The number of aromatic nitrogens is 3. The van der Waals surface area contributed by atoms with Crippen LogP contribution in [-0.2, 0) is 14.3 Å². The molecule has 1 aromatic carbocycles. The standard InChI is InChI=1S/C23H27F3N4O4/c1-34-20(31)17-4-6-18(7-5-17)29-14-27-30(22(29)33)19-8-2-15(3-9-19)16-10-12-28(13-11-16)21(32)23(24,25)26/h2-3,8-9,14,16-18H,4-7,10-13H2,1H3/t17-,18-. The van der Waals surface area contributed by atoms with Gasteiger partial charge in [-0.2, -0.15) is 23.0 Å². The Morgan fingerprint density at radius 3 is 2.18 bits per heavy atom. The molecule has 1 saturated carbocycles. The highest BCUT2D eigenvalue weighted by Crippen LogP contribution is 2.33. The number of carbonyl (C=O) groups excluding carboxylic acids is 2. The lowest BCUT2D eigenvalue weighted by Crippen LogP contribution is -2.45. The number of hydrogen-bond donors (Lipinski definition) is 0. The lowest BCUT2D eigenvalue weighted by atomic mass is 9.86. The number of benzene rings is 1.